The lowest BCUT2D eigenvalue weighted by molar-refractivity contribution is 0.138. The zero-order valence-corrected chi connectivity index (χ0v) is 9.32. The van der Waals surface area contributed by atoms with E-state index in [1.165, 1.54) is 6.42 Å². The molecule has 0 fully saturated rings. The second-order valence-corrected chi connectivity index (χ2v) is 3.68. The molecule has 0 aliphatic heterocycles. The lowest BCUT2D eigenvalue weighted by atomic mass is 9.94. The molecule has 0 aromatic heterocycles. The van der Waals surface area contributed by atoms with Gasteiger partial charge in [0, 0.05) is 6.54 Å². The van der Waals surface area contributed by atoms with Gasteiger partial charge in [0.05, 0.1) is 0 Å². The van der Waals surface area contributed by atoms with Gasteiger partial charge >= 0.3 is 6.09 Å². The third kappa shape index (κ3) is 5.53. The van der Waals surface area contributed by atoms with Crippen molar-refractivity contribution in [3.05, 3.63) is 24.3 Å². The molecule has 1 aliphatic rings. The van der Waals surface area contributed by atoms with Crippen LogP contribution in [0.2, 0.25) is 0 Å². The average molecular weight is 227 g/mol. The van der Waals surface area contributed by atoms with E-state index in [1.54, 1.807) is 0 Å². The van der Waals surface area contributed by atoms with Crippen molar-refractivity contribution in [1.82, 2.24) is 5.32 Å². The fourth-order valence-electron chi connectivity index (χ4n) is 1.58. The van der Waals surface area contributed by atoms with E-state index in [0.717, 1.165) is 12.8 Å². The molecule has 0 aromatic rings. The Morgan fingerprint density at radius 3 is 3.12 bits per heavy atom. The number of halogens is 1. The molecule has 4 heteroatoms. The highest BCUT2D eigenvalue weighted by molar-refractivity contribution is 5.67. The Hall–Kier alpha value is -1.32. The van der Waals surface area contributed by atoms with Crippen molar-refractivity contribution in [2.75, 3.05) is 19.8 Å². The normalized spacial score (nSPS) is 19.9. The highest BCUT2D eigenvalue weighted by atomic mass is 19.1. The summed E-state index contributed by atoms with van der Waals surface area (Å²) in [6, 6.07) is 0. The second-order valence-electron chi connectivity index (χ2n) is 3.68. The van der Waals surface area contributed by atoms with E-state index >= 15 is 0 Å². The molecular formula is C12H18FNO2. The quantitative estimate of drug-likeness (QED) is 0.733. The van der Waals surface area contributed by atoms with Gasteiger partial charge in [-0.15, -0.1) is 0 Å². The first-order valence-corrected chi connectivity index (χ1v) is 5.61. The Balaban J connectivity index is 2.07. The summed E-state index contributed by atoms with van der Waals surface area (Å²) in [5.74, 6) is 0.577. The molecule has 0 aromatic carbocycles. The minimum Gasteiger partial charge on any atom is -0.447 e. The van der Waals surface area contributed by atoms with Crippen molar-refractivity contribution < 1.29 is 13.9 Å². The number of alkyl halides is 1. The van der Waals surface area contributed by atoms with Gasteiger partial charge in [-0.05, 0) is 25.2 Å². The number of amides is 1. The minimum absolute atomic E-state index is 0.178. The molecule has 0 spiro atoms. The number of carbonyl (C=O) groups is 1. The van der Waals surface area contributed by atoms with Crippen LogP contribution in [0.4, 0.5) is 9.18 Å². The molecule has 16 heavy (non-hydrogen) atoms. The largest absolute Gasteiger partial charge is 0.447 e. The maximum atomic E-state index is 11.7. The van der Waals surface area contributed by atoms with Gasteiger partial charge in [0.25, 0.3) is 0 Å². The van der Waals surface area contributed by atoms with Crippen LogP contribution in [0.5, 0.6) is 0 Å². The molecule has 3 nitrogen and oxygen atoms in total. The molecule has 0 saturated heterocycles. The molecule has 0 bridgehead atoms. The van der Waals surface area contributed by atoms with Crippen LogP contribution in [0.15, 0.2) is 24.3 Å². The molecule has 1 unspecified atom stereocenters. The van der Waals surface area contributed by atoms with Gasteiger partial charge in [-0.1, -0.05) is 24.3 Å². The van der Waals surface area contributed by atoms with Crippen molar-refractivity contribution in [3.63, 3.8) is 0 Å². The number of hydrogen-bond acceptors (Lipinski definition) is 2. The predicted molar refractivity (Wildman–Crippen MR) is 60.9 cm³/mol. The van der Waals surface area contributed by atoms with E-state index in [9.17, 15) is 9.18 Å². The number of alkyl carbamates (subject to hydrolysis) is 1. The first-order chi connectivity index (χ1) is 7.83. The van der Waals surface area contributed by atoms with Crippen molar-refractivity contribution in [1.29, 1.82) is 0 Å². The Labute approximate surface area is 95.4 Å². The first kappa shape index (κ1) is 12.7. The van der Waals surface area contributed by atoms with Crippen molar-refractivity contribution in [3.8, 4) is 0 Å². The highest BCUT2D eigenvalue weighted by Crippen LogP contribution is 2.18. The summed E-state index contributed by atoms with van der Waals surface area (Å²) in [6.07, 6.45) is 11.2. The molecule has 1 amide bonds. The summed E-state index contributed by atoms with van der Waals surface area (Å²) < 4.78 is 16.2. The SMILES string of the molecule is O=C(NC/C=C/C1CC=CCC1)OCCF. The lowest BCUT2D eigenvalue weighted by Crippen LogP contribution is -2.25. The standard InChI is InChI=1S/C12H18FNO2/c13-8-10-16-12(15)14-9-4-7-11-5-2-1-3-6-11/h1-2,4,7,11H,3,5-6,8-10H2,(H,14,15)/b7-4+. The number of ether oxygens (including phenoxy) is 1. The molecule has 1 atom stereocenters. The lowest BCUT2D eigenvalue weighted by Gasteiger charge is -2.12. The molecular weight excluding hydrogens is 209 g/mol. The summed E-state index contributed by atoms with van der Waals surface area (Å²) in [6.45, 7) is -0.383. The maximum Gasteiger partial charge on any atom is 0.407 e. The van der Waals surface area contributed by atoms with Crippen LogP contribution >= 0.6 is 0 Å². The second kappa shape index (κ2) is 7.91. The Kier molecular flexibility index (Phi) is 6.30. The summed E-state index contributed by atoms with van der Waals surface area (Å²) in [5.41, 5.74) is 0. The Morgan fingerprint density at radius 2 is 2.44 bits per heavy atom. The van der Waals surface area contributed by atoms with Crippen LogP contribution in [0.3, 0.4) is 0 Å². The molecule has 0 saturated carbocycles. The molecule has 1 rings (SSSR count). The van der Waals surface area contributed by atoms with E-state index < -0.39 is 12.8 Å². The van der Waals surface area contributed by atoms with Gasteiger partial charge in [-0.3, -0.25) is 0 Å². The van der Waals surface area contributed by atoms with Gasteiger partial charge in [0.1, 0.15) is 13.3 Å². The van der Waals surface area contributed by atoms with E-state index in [2.05, 4.69) is 28.3 Å². The molecule has 0 heterocycles. The number of allylic oxidation sites excluding steroid dienone is 3. The zero-order chi connectivity index (χ0) is 11.6. The van der Waals surface area contributed by atoms with E-state index in [-0.39, 0.29) is 6.61 Å². The molecule has 1 N–H and O–H groups in total. The number of rotatable bonds is 5. The minimum atomic E-state index is -0.641. The summed E-state index contributed by atoms with van der Waals surface area (Å²) in [7, 11) is 0. The van der Waals surface area contributed by atoms with E-state index in [0.29, 0.717) is 12.5 Å². The van der Waals surface area contributed by atoms with Crippen molar-refractivity contribution >= 4 is 6.09 Å². The topological polar surface area (TPSA) is 38.3 Å². The highest BCUT2D eigenvalue weighted by Gasteiger charge is 2.05. The first-order valence-electron chi connectivity index (χ1n) is 5.61. The number of nitrogens with one attached hydrogen (secondary N) is 1. The summed E-state index contributed by atoms with van der Waals surface area (Å²) in [4.78, 5) is 10.9. The molecule has 90 valence electrons. The number of hydrogen-bond donors (Lipinski definition) is 1. The fraction of sp³-hybridized carbons (Fsp3) is 0.583. The Bertz CT molecular complexity index is 264. The molecule has 1 aliphatic carbocycles. The fourth-order valence-corrected chi connectivity index (χ4v) is 1.58. The van der Waals surface area contributed by atoms with Crippen LogP contribution in [0.1, 0.15) is 19.3 Å². The number of carbonyl (C=O) groups excluding carboxylic acids is 1. The maximum absolute atomic E-state index is 11.7. The van der Waals surface area contributed by atoms with Gasteiger partial charge in [-0.2, -0.15) is 0 Å². The smallest absolute Gasteiger partial charge is 0.407 e. The Morgan fingerprint density at radius 1 is 1.56 bits per heavy atom. The summed E-state index contributed by atoms with van der Waals surface area (Å²) >= 11 is 0. The van der Waals surface area contributed by atoms with Gasteiger partial charge in [-0.25, -0.2) is 9.18 Å². The zero-order valence-electron chi connectivity index (χ0n) is 9.32. The average Bonchev–Trinajstić information content (AvgIpc) is 2.33. The predicted octanol–water partition coefficient (Wildman–Crippen LogP) is 2.59. The monoisotopic (exact) mass is 227 g/mol. The molecule has 0 radical (unpaired) electrons. The van der Waals surface area contributed by atoms with Crippen LogP contribution in [0, 0.1) is 5.92 Å². The van der Waals surface area contributed by atoms with Gasteiger partial charge < -0.3 is 10.1 Å². The van der Waals surface area contributed by atoms with Crippen LogP contribution in [-0.2, 0) is 4.74 Å². The van der Waals surface area contributed by atoms with Gasteiger partial charge in [0.2, 0.25) is 0 Å². The van der Waals surface area contributed by atoms with E-state index in [1.807, 2.05) is 6.08 Å². The van der Waals surface area contributed by atoms with Crippen LogP contribution < -0.4 is 5.32 Å². The third-order valence-electron chi connectivity index (χ3n) is 2.39. The third-order valence-corrected chi connectivity index (χ3v) is 2.39. The van der Waals surface area contributed by atoms with E-state index in [4.69, 9.17) is 0 Å². The van der Waals surface area contributed by atoms with Crippen LogP contribution in [-0.4, -0.2) is 25.9 Å². The van der Waals surface area contributed by atoms with Crippen molar-refractivity contribution in [2.24, 2.45) is 5.92 Å². The van der Waals surface area contributed by atoms with Crippen LogP contribution in [0.25, 0.3) is 0 Å². The summed E-state index contributed by atoms with van der Waals surface area (Å²) in [5, 5.41) is 2.52. The van der Waals surface area contributed by atoms with Crippen molar-refractivity contribution in [2.45, 2.75) is 19.3 Å². The van der Waals surface area contributed by atoms with Gasteiger partial charge in [0.15, 0.2) is 0 Å².